The Bertz CT molecular complexity index is 4560. The van der Waals surface area contributed by atoms with E-state index in [2.05, 4.69) is 221 Å². The van der Waals surface area contributed by atoms with Crippen LogP contribution in [0, 0.1) is 0 Å². The van der Waals surface area contributed by atoms with E-state index in [1.165, 1.54) is 30.9 Å². The summed E-state index contributed by atoms with van der Waals surface area (Å²) in [6, 6.07) is 78.2. The predicted molar refractivity (Wildman–Crippen MR) is 285 cm³/mol. The summed E-state index contributed by atoms with van der Waals surface area (Å²) in [4.78, 5) is 11.3. The summed E-state index contributed by atoms with van der Waals surface area (Å²) < 4.78 is 14.2. The highest BCUT2D eigenvalue weighted by atomic mass is 32.1. The van der Waals surface area contributed by atoms with Gasteiger partial charge in [-0.25, -0.2) is 9.97 Å². The molecule has 0 N–H and O–H groups in total. The summed E-state index contributed by atoms with van der Waals surface area (Å²) in [6.07, 6.45) is 0. The van der Waals surface area contributed by atoms with Crippen LogP contribution in [0.15, 0.2) is 223 Å². The van der Waals surface area contributed by atoms with E-state index in [0.717, 1.165) is 105 Å². The van der Waals surface area contributed by atoms with Gasteiger partial charge in [0.1, 0.15) is 11.2 Å². The van der Waals surface area contributed by atoms with Gasteiger partial charge in [-0.05, 0) is 84.2 Å². The Balaban J connectivity index is 1.07. The normalized spacial score (nSPS) is 12.1. The highest BCUT2D eigenvalue weighted by Gasteiger charge is 2.24. The molecule has 6 heteroatoms. The molecular weight excluding hydrogens is 849 g/mol. The lowest BCUT2D eigenvalue weighted by Crippen LogP contribution is -1.98. The topological polar surface area (TPSA) is 48.8 Å². The van der Waals surface area contributed by atoms with Crippen LogP contribution in [0.1, 0.15) is 0 Å². The van der Waals surface area contributed by atoms with Crippen molar-refractivity contribution in [3.63, 3.8) is 0 Å². The SMILES string of the molecule is c1ccc(-n2c3ccccc3c3cc(-c4cc(-c5cccc6c5sc5ccccc56)nc(-c5cc6c(c7ccccc7n6-c6ccccc6)c6c5ccc5c7ccccc7oc56)n4)ccc32)cc1. The monoisotopic (exact) mass is 884 g/mol. The molecule has 5 aromatic heterocycles. The maximum absolute atomic E-state index is 6.95. The maximum Gasteiger partial charge on any atom is 0.161 e. The number of rotatable bonds is 5. The summed E-state index contributed by atoms with van der Waals surface area (Å²) >= 11 is 1.82. The Labute approximate surface area is 393 Å². The van der Waals surface area contributed by atoms with Gasteiger partial charge in [0.05, 0.1) is 33.5 Å². The van der Waals surface area contributed by atoms with Gasteiger partial charge in [0.15, 0.2) is 5.82 Å². The van der Waals surface area contributed by atoms with Crippen molar-refractivity contribution in [1.82, 2.24) is 19.1 Å². The number of hydrogen-bond donors (Lipinski definition) is 0. The summed E-state index contributed by atoms with van der Waals surface area (Å²) in [5.74, 6) is 0.648. The van der Waals surface area contributed by atoms with Gasteiger partial charge in [-0.15, -0.1) is 11.3 Å². The molecule has 0 atom stereocenters. The van der Waals surface area contributed by atoms with E-state index in [-0.39, 0.29) is 0 Å². The fourth-order valence-corrected chi connectivity index (χ4v) is 12.2. The van der Waals surface area contributed by atoms with Gasteiger partial charge >= 0.3 is 0 Å². The number of para-hydroxylation sites is 5. The molecule has 0 unspecified atom stereocenters. The van der Waals surface area contributed by atoms with Crippen molar-refractivity contribution in [2.45, 2.75) is 0 Å². The van der Waals surface area contributed by atoms with Gasteiger partial charge in [-0.2, -0.15) is 0 Å². The molecule has 0 saturated carbocycles. The molecule has 10 aromatic carbocycles. The fraction of sp³-hybridized carbons (Fsp3) is 0. The second-order valence-electron chi connectivity index (χ2n) is 17.6. The minimum absolute atomic E-state index is 0.648. The Morgan fingerprint density at radius 2 is 0.985 bits per heavy atom. The Hall–Kier alpha value is -8.84. The third-order valence-corrected chi connectivity index (χ3v) is 15.1. The average Bonchev–Trinajstić information content (AvgIpc) is 4.16. The summed E-state index contributed by atoms with van der Waals surface area (Å²) in [6.45, 7) is 0. The second-order valence-corrected chi connectivity index (χ2v) is 18.7. The van der Waals surface area contributed by atoms with Gasteiger partial charge in [-0.1, -0.05) is 140 Å². The highest BCUT2D eigenvalue weighted by molar-refractivity contribution is 7.26. The molecule has 0 bridgehead atoms. The van der Waals surface area contributed by atoms with Gasteiger partial charge in [0.2, 0.25) is 0 Å². The molecule has 0 aliphatic rings. The van der Waals surface area contributed by atoms with Crippen LogP contribution >= 0.6 is 11.3 Å². The molecular formula is C62H36N4OS. The third-order valence-electron chi connectivity index (χ3n) is 13.9. The first-order valence-electron chi connectivity index (χ1n) is 23.0. The minimum atomic E-state index is 0.648. The highest BCUT2D eigenvalue weighted by Crippen LogP contribution is 2.47. The maximum atomic E-state index is 6.95. The molecule has 15 rings (SSSR count). The molecule has 0 radical (unpaired) electrons. The Morgan fingerprint density at radius 3 is 1.79 bits per heavy atom. The van der Waals surface area contributed by atoms with Crippen molar-refractivity contribution in [2.75, 3.05) is 0 Å². The van der Waals surface area contributed by atoms with Crippen LogP contribution in [0.5, 0.6) is 0 Å². The first kappa shape index (κ1) is 37.4. The molecule has 0 aliphatic heterocycles. The molecule has 5 nitrogen and oxygen atoms in total. The van der Waals surface area contributed by atoms with Crippen molar-refractivity contribution < 1.29 is 4.42 Å². The summed E-state index contributed by atoms with van der Waals surface area (Å²) in [7, 11) is 0. The average molecular weight is 885 g/mol. The Kier molecular flexibility index (Phi) is 7.88. The van der Waals surface area contributed by atoms with Crippen molar-refractivity contribution in [1.29, 1.82) is 0 Å². The summed E-state index contributed by atoms with van der Waals surface area (Å²) in [5.41, 5.74) is 13.2. The van der Waals surface area contributed by atoms with Crippen molar-refractivity contribution in [3.05, 3.63) is 218 Å². The van der Waals surface area contributed by atoms with Gasteiger partial charge < -0.3 is 13.6 Å². The fourth-order valence-electron chi connectivity index (χ4n) is 11.0. The number of benzene rings is 10. The predicted octanol–water partition coefficient (Wildman–Crippen LogP) is 17.1. The van der Waals surface area contributed by atoms with Crippen molar-refractivity contribution in [2.24, 2.45) is 0 Å². The zero-order valence-corrected chi connectivity index (χ0v) is 37.2. The largest absolute Gasteiger partial charge is 0.455 e. The third kappa shape index (κ3) is 5.37. The first-order valence-corrected chi connectivity index (χ1v) is 23.8. The lowest BCUT2D eigenvalue weighted by molar-refractivity contribution is 0.673. The van der Waals surface area contributed by atoms with Crippen molar-refractivity contribution >= 4 is 108 Å². The lowest BCUT2D eigenvalue weighted by Gasteiger charge is -2.14. The van der Waals surface area contributed by atoms with Gasteiger partial charge in [-0.3, -0.25) is 0 Å². The molecule has 5 heterocycles. The molecule has 0 aliphatic carbocycles. The molecule has 15 aromatic rings. The standard InChI is InChI=1S/C62H36N4OS/c1-3-16-38(17-4-1)65-52-26-11-7-20-40(52)48-34-37(30-33-54(48)65)50-36-51(46-25-15-24-45-42-22-10-14-29-57(42)68-61(45)46)64-62(63-50)49-35-55-58(47-23-8-12-27-53(47)66(55)39-18-5-2-6-19-39)59-43(49)31-32-44-41-21-9-13-28-56(41)67-60(44)59/h1-36H. The first-order chi connectivity index (χ1) is 33.7. The molecule has 68 heavy (non-hydrogen) atoms. The van der Waals surface area contributed by atoms with Crippen molar-refractivity contribution in [3.8, 4) is 45.3 Å². The number of thiophene rings is 1. The minimum Gasteiger partial charge on any atom is -0.455 e. The van der Waals surface area contributed by atoms with E-state index in [1.807, 2.05) is 17.4 Å². The molecule has 0 saturated heterocycles. The van der Waals surface area contributed by atoms with E-state index in [4.69, 9.17) is 14.4 Å². The molecule has 0 fully saturated rings. The van der Waals surface area contributed by atoms with E-state index in [0.29, 0.717) is 5.82 Å². The summed E-state index contributed by atoms with van der Waals surface area (Å²) in [5, 5.41) is 11.4. The van der Waals surface area contributed by atoms with E-state index < -0.39 is 0 Å². The van der Waals surface area contributed by atoms with Crippen LogP contribution in [0.2, 0.25) is 0 Å². The van der Waals surface area contributed by atoms with E-state index >= 15 is 0 Å². The van der Waals surface area contributed by atoms with Gasteiger partial charge in [0.25, 0.3) is 0 Å². The zero-order valence-electron chi connectivity index (χ0n) is 36.4. The smallest absolute Gasteiger partial charge is 0.161 e. The number of nitrogens with zero attached hydrogens (tertiary/aromatic N) is 4. The molecule has 316 valence electrons. The van der Waals surface area contributed by atoms with Crippen LogP contribution in [-0.2, 0) is 0 Å². The number of hydrogen-bond acceptors (Lipinski definition) is 4. The van der Waals surface area contributed by atoms with E-state index in [9.17, 15) is 0 Å². The van der Waals surface area contributed by atoms with Crippen LogP contribution < -0.4 is 0 Å². The van der Waals surface area contributed by atoms with Crippen LogP contribution in [0.25, 0.3) is 142 Å². The number of aromatic nitrogens is 4. The zero-order chi connectivity index (χ0) is 44.5. The van der Waals surface area contributed by atoms with Crippen LogP contribution in [0.3, 0.4) is 0 Å². The van der Waals surface area contributed by atoms with Crippen LogP contribution in [0.4, 0.5) is 0 Å². The quantitative estimate of drug-likeness (QED) is 0.173. The van der Waals surface area contributed by atoms with E-state index in [1.54, 1.807) is 0 Å². The molecule has 0 spiro atoms. The number of furan rings is 1. The molecule has 0 amide bonds. The number of fused-ring (bicyclic) bond motifs is 15. The second kappa shape index (κ2) is 14.3. The van der Waals surface area contributed by atoms with Crippen LogP contribution in [-0.4, -0.2) is 19.1 Å². The lowest BCUT2D eigenvalue weighted by atomic mass is 9.96. The van der Waals surface area contributed by atoms with Gasteiger partial charge in [0, 0.05) is 85.9 Å². The Morgan fingerprint density at radius 1 is 0.368 bits per heavy atom.